The van der Waals surface area contributed by atoms with Gasteiger partial charge in [-0.1, -0.05) is 6.07 Å². The maximum absolute atomic E-state index is 12.2. The van der Waals surface area contributed by atoms with Crippen LogP contribution in [0, 0.1) is 0 Å². The summed E-state index contributed by atoms with van der Waals surface area (Å²) in [5.74, 6) is -0.126. The van der Waals surface area contributed by atoms with E-state index in [-0.39, 0.29) is 11.9 Å². The molecule has 0 radical (unpaired) electrons. The molecule has 1 saturated heterocycles. The van der Waals surface area contributed by atoms with Gasteiger partial charge in [-0.25, -0.2) is 13.2 Å². The number of benzene rings is 2. The number of sulfonamides is 1. The molecule has 9 heteroatoms. The summed E-state index contributed by atoms with van der Waals surface area (Å²) < 4.78 is 30.7. The number of phenolic OH excluding ortho intramolecular Hbond substituents is 1. The number of carbonyl (C=O) groups is 1. The van der Waals surface area contributed by atoms with Crippen molar-refractivity contribution in [2.75, 3.05) is 48.6 Å². The number of fused-ring (bicyclic) bond motifs is 1. The molecular formula is C22H27N3O5S. The molecule has 1 unspecified atom stereocenters. The maximum Gasteiger partial charge on any atom is 0.339 e. The number of anilines is 2. The Kier molecular flexibility index (Phi) is 6.06. The summed E-state index contributed by atoms with van der Waals surface area (Å²) in [5, 5.41) is 9.43. The van der Waals surface area contributed by atoms with Gasteiger partial charge in [-0.05, 0) is 55.8 Å². The SMILES string of the molecule is CS(=O)(=O)Nc1ccc2c(c1)C(=O)OC2CCCN1CCN(c2ccc(O)cc2)CC1. The van der Waals surface area contributed by atoms with Crippen molar-refractivity contribution >= 4 is 27.4 Å². The van der Waals surface area contributed by atoms with Crippen LogP contribution in [0.1, 0.15) is 34.9 Å². The van der Waals surface area contributed by atoms with Crippen molar-refractivity contribution < 1.29 is 23.1 Å². The summed E-state index contributed by atoms with van der Waals surface area (Å²) in [6.45, 7) is 4.72. The van der Waals surface area contributed by atoms with Gasteiger partial charge < -0.3 is 14.7 Å². The lowest BCUT2D eigenvalue weighted by Crippen LogP contribution is -2.46. The van der Waals surface area contributed by atoms with Gasteiger partial charge in [0.05, 0.1) is 11.8 Å². The third-order valence-electron chi connectivity index (χ3n) is 5.70. The van der Waals surface area contributed by atoms with E-state index in [0.717, 1.165) is 63.1 Å². The molecule has 2 aromatic rings. The van der Waals surface area contributed by atoms with Gasteiger partial charge >= 0.3 is 5.97 Å². The average Bonchev–Trinajstić information content (AvgIpc) is 3.03. The Morgan fingerprint density at radius 2 is 1.81 bits per heavy atom. The summed E-state index contributed by atoms with van der Waals surface area (Å²) in [4.78, 5) is 16.9. The Morgan fingerprint density at radius 1 is 1.10 bits per heavy atom. The number of esters is 1. The fourth-order valence-electron chi connectivity index (χ4n) is 4.16. The predicted octanol–water partition coefficient (Wildman–Crippen LogP) is 2.58. The topological polar surface area (TPSA) is 99.2 Å². The van der Waals surface area contributed by atoms with Gasteiger partial charge in [0.25, 0.3) is 0 Å². The summed E-state index contributed by atoms with van der Waals surface area (Å²) in [6.07, 6.45) is 2.43. The number of carbonyl (C=O) groups excluding carboxylic acids is 1. The highest BCUT2D eigenvalue weighted by molar-refractivity contribution is 7.92. The van der Waals surface area contributed by atoms with E-state index in [9.17, 15) is 18.3 Å². The monoisotopic (exact) mass is 445 g/mol. The van der Waals surface area contributed by atoms with E-state index >= 15 is 0 Å². The number of ether oxygens (including phenoxy) is 1. The number of nitrogens with zero attached hydrogens (tertiary/aromatic N) is 2. The van der Waals surface area contributed by atoms with Crippen LogP contribution in [0.3, 0.4) is 0 Å². The van der Waals surface area contributed by atoms with Gasteiger partial charge in [-0.3, -0.25) is 9.62 Å². The number of cyclic esters (lactones) is 1. The van der Waals surface area contributed by atoms with Crippen molar-refractivity contribution in [3.63, 3.8) is 0 Å². The number of rotatable bonds is 7. The molecular weight excluding hydrogens is 418 g/mol. The van der Waals surface area contributed by atoms with Crippen LogP contribution in [-0.2, 0) is 14.8 Å². The molecule has 0 saturated carbocycles. The van der Waals surface area contributed by atoms with E-state index in [1.807, 2.05) is 12.1 Å². The molecule has 2 aliphatic heterocycles. The van der Waals surface area contributed by atoms with E-state index in [1.165, 1.54) is 0 Å². The molecule has 0 bridgehead atoms. The predicted molar refractivity (Wildman–Crippen MR) is 119 cm³/mol. The van der Waals surface area contributed by atoms with Crippen molar-refractivity contribution in [1.29, 1.82) is 0 Å². The Hall–Kier alpha value is -2.78. The lowest BCUT2D eigenvalue weighted by molar-refractivity contribution is 0.0358. The van der Waals surface area contributed by atoms with Crippen LogP contribution in [0.15, 0.2) is 42.5 Å². The smallest absolute Gasteiger partial charge is 0.339 e. The Bertz CT molecular complexity index is 1050. The minimum atomic E-state index is -3.40. The number of nitrogens with one attached hydrogen (secondary N) is 1. The van der Waals surface area contributed by atoms with Crippen molar-refractivity contribution in [2.45, 2.75) is 18.9 Å². The third-order valence-corrected chi connectivity index (χ3v) is 6.31. The van der Waals surface area contributed by atoms with Gasteiger partial charge in [0.2, 0.25) is 10.0 Å². The number of phenols is 1. The minimum absolute atomic E-state index is 0.277. The number of hydrogen-bond acceptors (Lipinski definition) is 7. The van der Waals surface area contributed by atoms with Crippen molar-refractivity contribution in [3.05, 3.63) is 53.6 Å². The van der Waals surface area contributed by atoms with Crippen molar-refractivity contribution in [2.24, 2.45) is 0 Å². The Morgan fingerprint density at radius 3 is 2.48 bits per heavy atom. The fraction of sp³-hybridized carbons (Fsp3) is 0.409. The van der Waals surface area contributed by atoms with E-state index in [4.69, 9.17) is 4.74 Å². The van der Waals surface area contributed by atoms with Crippen molar-refractivity contribution in [1.82, 2.24) is 4.90 Å². The normalized spacial score (nSPS) is 19.2. The molecule has 2 aromatic carbocycles. The summed E-state index contributed by atoms with van der Waals surface area (Å²) in [6, 6.07) is 12.3. The molecule has 2 heterocycles. The average molecular weight is 446 g/mol. The van der Waals surface area contributed by atoms with Crippen LogP contribution < -0.4 is 9.62 Å². The molecule has 0 amide bonds. The first-order chi connectivity index (χ1) is 14.8. The molecule has 0 aromatic heterocycles. The summed E-state index contributed by atoms with van der Waals surface area (Å²) in [7, 11) is -3.40. The quantitative estimate of drug-likeness (QED) is 0.632. The molecule has 2 N–H and O–H groups in total. The van der Waals surface area contributed by atoms with Crippen LogP contribution in [0.4, 0.5) is 11.4 Å². The van der Waals surface area contributed by atoms with Crippen LogP contribution in [0.25, 0.3) is 0 Å². The zero-order valence-electron chi connectivity index (χ0n) is 17.5. The van der Waals surface area contributed by atoms with Gasteiger partial charge in [-0.2, -0.15) is 0 Å². The lowest BCUT2D eigenvalue weighted by Gasteiger charge is -2.36. The second kappa shape index (κ2) is 8.76. The highest BCUT2D eigenvalue weighted by Crippen LogP contribution is 2.35. The number of piperazine rings is 1. The fourth-order valence-corrected chi connectivity index (χ4v) is 4.71. The zero-order chi connectivity index (χ0) is 22.0. The second-order valence-corrected chi connectivity index (χ2v) is 9.81. The molecule has 0 aliphatic carbocycles. The standard InChI is InChI=1S/C22H27N3O5S/c1-31(28,29)23-16-4-9-19-20(15-16)22(27)30-21(19)3-2-10-24-11-13-25(14-12-24)17-5-7-18(26)8-6-17/h4-9,15,21,23,26H,2-3,10-14H2,1H3. The first kappa shape index (κ1) is 21.5. The molecule has 31 heavy (non-hydrogen) atoms. The maximum atomic E-state index is 12.2. The van der Waals surface area contributed by atoms with E-state index in [2.05, 4.69) is 14.5 Å². The zero-order valence-corrected chi connectivity index (χ0v) is 18.3. The van der Waals surface area contributed by atoms with Crippen LogP contribution in [0.2, 0.25) is 0 Å². The van der Waals surface area contributed by atoms with Gasteiger partial charge in [0.15, 0.2) is 0 Å². The number of aromatic hydroxyl groups is 1. The Labute approximate surface area is 182 Å². The van der Waals surface area contributed by atoms with E-state index in [0.29, 0.717) is 11.3 Å². The molecule has 166 valence electrons. The molecule has 8 nitrogen and oxygen atoms in total. The van der Waals surface area contributed by atoms with Gasteiger partial charge in [0.1, 0.15) is 11.9 Å². The first-order valence-electron chi connectivity index (χ1n) is 10.4. The number of hydrogen-bond donors (Lipinski definition) is 2. The molecule has 4 rings (SSSR count). The summed E-state index contributed by atoms with van der Waals surface area (Å²) in [5.41, 5.74) is 2.74. The van der Waals surface area contributed by atoms with Gasteiger partial charge in [-0.15, -0.1) is 0 Å². The van der Waals surface area contributed by atoms with Gasteiger partial charge in [0, 0.05) is 43.1 Å². The van der Waals surface area contributed by atoms with E-state index in [1.54, 1.807) is 30.3 Å². The minimum Gasteiger partial charge on any atom is -0.508 e. The largest absolute Gasteiger partial charge is 0.508 e. The van der Waals surface area contributed by atoms with Crippen molar-refractivity contribution in [3.8, 4) is 5.75 Å². The molecule has 2 aliphatic rings. The second-order valence-electron chi connectivity index (χ2n) is 8.06. The highest BCUT2D eigenvalue weighted by Gasteiger charge is 2.31. The third kappa shape index (κ3) is 5.29. The molecule has 0 spiro atoms. The molecule has 1 atom stereocenters. The van der Waals surface area contributed by atoms with Crippen LogP contribution in [-0.4, -0.2) is 63.4 Å². The summed E-state index contributed by atoms with van der Waals surface area (Å²) >= 11 is 0. The molecule has 1 fully saturated rings. The highest BCUT2D eigenvalue weighted by atomic mass is 32.2. The Balaban J connectivity index is 1.27. The lowest BCUT2D eigenvalue weighted by atomic mass is 10.0. The van der Waals surface area contributed by atoms with Crippen LogP contribution in [0.5, 0.6) is 5.75 Å². The first-order valence-corrected chi connectivity index (χ1v) is 12.3. The van der Waals surface area contributed by atoms with Crippen LogP contribution >= 0.6 is 0 Å². The van der Waals surface area contributed by atoms with E-state index < -0.39 is 16.0 Å².